The number of halogens is 2. The SMILES string of the molecule is C[C@@H]1CN(c2ncnc3c2c(N2CCCC2)cn3-c2cccc(Cl)c2)CCN1C(=O)C1(F)CC1. The zero-order valence-electron chi connectivity index (χ0n) is 19.3. The second-order valence-corrected chi connectivity index (χ2v) is 10.1. The molecule has 1 aromatic carbocycles. The fourth-order valence-electron chi connectivity index (χ4n) is 5.32. The number of anilines is 2. The van der Waals surface area contributed by atoms with Crippen molar-refractivity contribution in [3.05, 3.63) is 41.8 Å². The minimum atomic E-state index is -1.63. The number of carbonyl (C=O) groups is 1. The van der Waals surface area contributed by atoms with Crippen LogP contribution in [0.3, 0.4) is 0 Å². The van der Waals surface area contributed by atoms with E-state index in [9.17, 15) is 9.18 Å². The van der Waals surface area contributed by atoms with E-state index in [1.165, 1.54) is 0 Å². The van der Waals surface area contributed by atoms with Crippen molar-refractivity contribution in [3.8, 4) is 5.69 Å². The van der Waals surface area contributed by atoms with Gasteiger partial charge in [0.25, 0.3) is 5.91 Å². The van der Waals surface area contributed by atoms with Gasteiger partial charge in [-0.15, -0.1) is 0 Å². The maximum absolute atomic E-state index is 14.5. The van der Waals surface area contributed by atoms with Gasteiger partial charge < -0.3 is 14.7 Å². The molecule has 2 saturated heterocycles. The van der Waals surface area contributed by atoms with Crippen molar-refractivity contribution in [2.24, 2.45) is 0 Å². The largest absolute Gasteiger partial charge is 0.370 e. The zero-order valence-corrected chi connectivity index (χ0v) is 20.0. The van der Waals surface area contributed by atoms with E-state index in [2.05, 4.69) is 25.5 Å². The number of aromatic nitrogens is 3. The third kappa shape index (κ3) is 3.59. The summed E-state index contributed by atoms with van der Waals surface area (Å²) >= 11 is 6.30. The molecule has 3 aromatic rings. The van der Waals surface area contributed by atoms with Gasteiger partial charge in [0.15, 0.2) is 11.3 Å². The first-order valence-corrected chi connectivity index (χ1v) is 12.4. The molecule has 0 radical (unpaired) electrons. The lowest BCUT2D eigenvalue weighted by molar-refractivity contribution is -0.140. The smallest absolute Gasteiger partial charge is 0.260 e. The molecule has 1 amide bonds. The summed E-state index contributed by atoms with van der Waals surface area (Å²) in [5.74, 6) is 0.519. The first kappa shape index (κ1) is 21.6. The quantitative estimate of drug-likeness (QED) is 0.557. The van der Waals surface area contributed by atoms with Crippen molar-refractivity contribution in [1.82, 2.24) is 19.4 Å². The molecule has 6 rings (SSSR count). The average Bonchev–Trinajstić information content (AvgIpc) is 3.23. The third-order valence-corrected chi connectivity index (χ3v) is 7.57. The molecule has 0 unspecified atom stereocenters. The highest BCUT2D eigenvalue weighted by molar-refractivity contribution is 6.30. The van der Waals surface area contributed by atoms with Crippen LogP contribution in [0, 0.1) is 0 Å². The standard InChI is InChI=1S/C25H28ClFN6O/c1-17-14-31(11-12-32(17)24(34)25(27)7-8-25)22-21-20(30-9-2-3-10-30)15-33(23(21)29-16-28-22)19-6-4-5-18(26)13-19/h4-6,13,15-17H,2-3,7-12,14H2,1H3/t17-/m1/s1. The number of alkyl halides is 1. The van der Waals surface area contributed by atoms with E-state index in [0.29, 0.717) is 37.5 Å². The van der Waals surface area contributed by atoms with Crippen LogP contribution in [0.15, 0.2) is 36.8 Å². The number of fused-ring (bicyclic) bond motifs is 1. The monoisotopic (exact) mass is 482 g/mol. The number of benzene rings is 1. The molecule has 34 heavy (non-hydrogen) atoms. The maximum atomic E-state index is 14.5. The third-order valence-electron chi connectivity index (χ3n) is 7.34. The summed E-state index contributed by atoms with van der Waals surface area (Å²) in [5, 5.41) is 1.69. The van der Waals surface area contributed by atoms with E-state index >= 15 is 0 Å². The molecule has 3 aliphatic rings. The van der Waals surface area contributed by atoms with E-state index in [1.807, 2.05) is 31.2 Å². The van der Waals surface area contributed by atoms with Gasteiger partial charge in [-0.3, -0.25) is 9.36 Å². The summed E-state index contributed by atoms with van der Waals surface area (Å²) in [6.45, 7) is 5.70. The highest BCUT2D eigenvalue weighted by atomic mass is 35.5. The summed E-state index contributed by atoms with van der Waals surface area (Å²) in [6.07, 6.45) is 6.77. The topological polar surface area (TPSA) is 57.5 Å². The molecule has 7 nitrogen and oxygen atoms in total. The fourth-order valence-corrected chi connectivity index (χ4v) is 5.50. The van der Waals surface area contributed by atoms with Crippen LogP contribution in [-0.2, 0) is 4.79 Å². The van der Waals surface area contributed by atoms with Gasteiger partial charge >= 0.3 is 0 Å². The number of hydrogen-bond donors (Lipinski definition) is 0. The van der Waals surface area contributed by atoms with E-state index < -0.39 is 5.67 Å². The fraction of sp³-hybridized carbons (Fsp3) is 0.480. The maximum Gasteiger partial charge on any atom is 0.260 e. The Bertz CT molecular complexity index is 1250. The summed E-state index contributed by atoms with van der Waals surface area (Å²) < 4.78 is 16.5. The summed E-state index contributed by atoms with van der Waals surface area (Å²) in [4.78, 5) is 28.4. The van der Waals surface area contributed by atoms with Crippen LogP contribution < -0.4 is 9.80 Å². The van der Waals surface area contributed by atoms with Crippen LogP contribution in [0.1, 0.15) is 32.6 Å². The van der Waals surface area contributed by atoms with Crippen LogP contribution >= 0.6 is 11.6 Å². The number of piperazine rings is 1. The second kappa shape index (κ2) is 8.12. The number of amides is 1. The van der Waals surface area contributed by atoms with Crippen LogP contribution in [0.25, 0.3) is 16.7 Å². The van der Waals surface area contributed by atoms with Gasteiger partial charge in [-0.25, -0.2) is 14.4 Å². The molecule has 0 N–H and O–H groups in total. The summed E-state index contributed by atoms with van der Waals surface area (Å²) in [5.41, 5.74) is 1.28. The summed E-state index contributed by atoms with van der Waals surface area (Å²) in [7, 11) is 0. The molecular formula is C25H28ClFN6O. The Labute approximate surface area is 203 Å². The van der Waals surface area contributed by atoms with Crippen LogP contribution in [0.4, 0.5) is 15.9 Å². The van der Waals surface area contributed by atoms with Gasteiger partial charge in [-0.1, -0.05) is 17.7 Å². The molecule has 3 fully saturated rings. The Kier molecular flexibility index (Phi) is 5.17. The minimum Gasteiger partial charge on any atom is -0.370 e. The molecule has 0 spiro atoms. The number of nitrogens with zero attached hydrogens (tertiary/aromatic N) is 6. The van der Waals surface area contributed by atoms with Gasteiger partial charge in [-0.2, -0.15) is 0 Å². The lowest BCUT2D eigenvalue weighted by Crippen LogP contribution is -2.56. The number of carbonyl (C=O) groups excluding carboxylic acids is 1. The van der Waals surface area contributed by atoms with E-state index in [0.717, 1.165) is 54.2 Å². The zero-order chi connectivity index (χ0) is 23.4. The first-order chi connectivity index (χ1) is 16.4. The Morgan fingerprint density at radius 1 is 1.12 bits per heavy atom. The van der Waals surface area contributed by atoms with Gasteiger partial charge in [-0.05, 0) is 50.8 Å². The molecule has 1 atom stereocenters. The molecule has 178 valence electrons. The van der Waals surface area contributed by atoms with Crippen molar-refractivity contribution in [1.29, 1.82) is 0 Å². The van der Waals surface area contributed by atoms with Crippen LogP contribution in [-0.4, -0.2) is 69.8 Å². The Morgan fingerprint density at radius 2 is 1.91 bits per heavy atom. The lowest BCUT2D eigenvalue weighted by Gasteiger charge is -2.41. The van der Waals surface area contributed by atoms with Gasteiger partial charge in [0.1, 0.15) is 12.1 Å². The van der Waals surface area contributed by atoms with Gasteiger partial charge in [0.05, 0.1) is 11.1 Å². The number of hydrogen-bond acceptors (Lipinski definition) is 5. The molecule has 9 heteroatoms. The van der Waals surface area contributed by atoms with Gasteiger partial charge in [0, 0.05) is 55.7 Å². The molecule has 2 aliphatic heterocycles. The normalized spacial score (nSPS) is 22.0. The van der Waals surface area contributed by atoms with Crippen molar-refractivity contribution in [3.63, 3.8) is 0 Å². The van der Waals surface area contributed by atoms with Crippen molar-refractivity contribution in [2.45, 2.75) is 44.3 Å². The van der Waals surface area contributed by atoms with Crippen LogP contribution in [0.2, 0.25) is 5.02 Å². The highest BCUT2D eigenvalue weighted by Crippen LogP contribution is 2.43. The van der Waals surface area contributed by atoms with E-state index in [4.69, 9.17) is 16.6 Å². The predicted molar refractivity (Wildman–Crippen MR) is 132 cm³/mol. The molecule has 0 bridgehead atoms. The first-order valence-electron chi connectivity index (χ1n) is 12.1. The predicted octanol–water partition coefficient (Wildman–Crippen LogP) is 4.21. The van der Waals surface area contributed by atoms with Crippen molar-refractivity contribution in [2.75, 3.05) is 42.5 Å². The van der Waals surface area contributed by atoms with Crippen molar-refractivity contribution < 1.29 is 9.18 Å². The van der Waals surface area contributed by atoms with E-state index in [1.54, 1.807) is 11.2 Å². The minimum absolute atomic E-state index is 0.0928. The van der Waals surface area contributed by atoms with Crippen molar-refractivity contribution >= 4 is 40.0 Å². The van der Waals surface area contributed by atoms with Gasteiger partial charge in [0.2, 0.25) is 0 Å². The Hall–Kier alpha value is -2.87. The molecular weight excluding hydrogens is 455 g/mol. The van der Waals surface area contributed by atoms with E-state index in [-0.39, 0.29) is 11.9 Å². The highest BCUT2D eigenvalue weighted by Gasteiger charge is 2.54. The molecule has 1 saturated carbocycles. The molecule has 2 aromatic heterocycles. The number of rotatable bonds is 4. The second-order valence-electron chi connectivity index (χ2n) is 9.71. The van der Waals surface area contributed by atoms with Crippen LogP contribution in [0.5, 0.6) is 0 Å². The Balaban J connectivity index is 1.40. The Morgan fingerprint density at radius 3 is 2.62 bits per heavy atom. The lowest BCUT2D eigenvalue weighted by atomic mass is 10.1. The molecule has 1 aliphatic carbocycles. The molecule has 4 heterocycles. The average molecular weight is 483 g/mol. The summed E-state index contributed by atoms with van der Waals surface area (Å²) in [6, 6.07) is 7.68.